The molecule has 0 amide bonds. The molecule has 0 spiro atoms. The molecule has 0 aliphatic heterocycles. The molecule has 7 heteroatoms. The fraction of sp³-hybridized carbons (Fsp3) is 0.318. The summed E-state index contributed by atoms with van der Waals surface area (Å²) >= 11 is 1.52. The Bertz CT molecular complexity index is 1040. The molecule has 0 unspecified atom stereocenters. The van der Waals surface area contributed by atoms with Gasteiger partial charge in [0, 0.05) is 18.4 Å². The molecule has 0 aliphatic rings. The van der Waals surface area contributed by atoms with Gasteiger partial charge in [0.2, 0.25) is 0 Å². The summed E-state index contributed by atoms with van der Waals surface area (Å²) in [5.41, 5.74) is 2.47. The van der Waals surface area contributed by atoms with Gasteiger partial charge in [0.05, 0.1) is 15.5 Å². The van der Waals surface area contributed by atoms with Gasteiger partial charge in [-0.15, -0.1) is 0 Å². The third-order valence-corrected chi connectivity index (χ3v) is 6.79. The van der Waals surface area contributed by atoms with E-state index in [1.54, 1.807) is 36.4 Å². The fourth-order valence-corrected chi connectivity index (χ4v) is 4.64. The van der Waals surface area contributed by atoms with Gasteiger partial charge in [0.15, 0.2) is 15.0 Å². The summed E-state index contributed by atoms with van der Waals surface area (Å²) in [6.07, 6.45) is 5.87. The molecule has 1 N–H and O–H groups in total. The normalized spacial score (nSPS) is 11.6. The largest absolute Gasteiger partial charge is 0.361 e. The smallest absolute Gasteiger partial charge is 0.183 e. The van der Waals surface area contributed by atoms with Crippen molar-refractivity contribution in [3.8, 4) is 21.7 Å². The van der Waals surface area contributed by atoms with E-state index >= 15 is 0 Å². The highest BCUT2D eigenvalue weighted by molar-refractivity contribution is 7.90. The standard InChI is InChI=1S/C22H25FN2O2S2/c1-3-4-5-6-15-24-22-25-20(16-7-11-18(23)12-8-16)21(28-22)17-9-13-19(14-10-17)29(2,26)27/h7-14H,3-6,15H2,1-2H3,(H,24,25). The van der Waals surface area contributed by atoms with Crippen LogP contribution in [0.15, 0.2) is 53.4 Å². The molecule has 0 radical (unpaired) electrons. The van der Waals surface area contributed by atoms with Crippen molar-refractivity contribution in [3.05, 3.63) is 54.3 Å². The van der Waals surface area contributed by atoms with Crippen LogP contribution < -0.4 is 5.32 Å². The summed E-state index contributed by atoms with van der Waals surface area (Å²) in [4.78, 5) is 5.95. The fourth-order valence-electron chi connectivity index (χ4n) is 3.00. The third kappa shape index (κ3) is 5.64. The monoisotopic (exact) mass is 432 g/mol. The minimum atomic E-state index is -3.25. The molecule has 1 aromatic heterocycles. The highest BCUT2D eigenvalue weighted by atomic mass is 32.2. The van der Waals surface area contributed by atoms with E-state index in [9.17, 15) is 12.8 Å². The molecule has 0 atom stereocenters. The Hall–Kier alpha value is -2.25. The van der Waals surface area contributed by atoms with E-state index in [0.717, 1.165) is 39.8 Å². The lowest BCUT2D eigenvalue weighted by molar-refractivity contribution is 0.602. The zero-order valence-corrected chi connectivity index (χ0v) is 18.2. The van der Waals surface area contributed by atoms with Crippen molar-refractivity contribution in [2.45, 2.75) is 37.5 Å². The zero-order valence-electron chi connectivity index (χ0n) is 16.6. The second-order valence-electron chi connectivity index (χ2n) is 6.99. The second-order valence-corrected chi connectivity index (χ2v) is 10.0. The van der Waals surface area contributed by atoms with E-state index in [-0.39, 0.29) is 10.7 Å². The molecular formula is C22H25FN2O2S2. The van der Waals surface area contributed by atoms with Crippen LogP contribution >= 0.6 is 11.3 Å². The lowest BCUT2D eigenvalue weighted by Crippen LogP contribution is -2.00. The molecule has 1 heterocycles. The lowest BCUT2D eigenvalue weighted by atomic mass is 10.1. The quantitative estimate of drug-likeness (QED) is 0.421. The van der Waals surface area contributed by atoms with Gasteiger partial charge in [0.25, 0.3) is 0 Å². The van der Waals surface area contributed by atoms with Crippen molar-refractivity contribution < 1.29 is 12.8 Å². The molecule has 29 heavy (non-hydrogen) atoms. The average Bonchev–Trinajstić information content (AvgIpc) is 3.12. The molecule has 0 saturated carbocycles. The Labute approximate surface area is 175 Å². The maximum absolute atomic E-state index is 13.4. The Balaban J connectivity index is 1.92. The predicted octanol–water partition coefficient (Wildman–Crippen LogP) is 6.01. The topological polar surface area (TPSA) is 59.1 Å². The number of hydrogen-bond acceptors (Lipinski definition) is 5. The van der Waals surface area contributed by atoms with Crippen molar-refractivity contribution in [2.24, 2.45) is 0 Å². The van der Waals surface area contributed by atoms with E-state index < -0.39 is 9.84 Å². The highest BCUT2D eigenvalue weighted by Crippen LogP contribution is 2.39. The highest BCUT2D eigenvalue weighted by Gasteiger charge is 2.16. The van der Waals surface area contributed by atoms with Gasteiger partial charge < -0.3 is 5.32 Å². The number of thiazole rings is 1. The van der Waals surface area contributed by atoms with E-state index in [1.165, 1.54) is 49.0 Å². The summed E-state index contributed by atoms with van der Waals surface area (Å²) in [5, 5.41) is 4.20. The van der Waals surface area contributed by atoms with Crippen LogP contribution in [0, 0.1) is 5.82 Å². The number of benzene rings is 2. The summed E-state index contributed by atoms with van der Waals surface area (Å²) in [7, 11) is -3.25. The molecular weight excluding hydrogens is 407 g/mol. The number of unbranched alkanes of at least 4 members (excludes halogenated alkanes) is 3. The molecule has 0 bridgehead atoms. The lowest BCUT2D eigenvalue weighted by Gasteiger charge is -2.04. The summed E-state index contributed by atoms with van der Waals surface area (Å²) in [5.74, 6) is -0.294. The van der Waals surface area contributed by atoms with Gasteiger partial charge in [-0.1, -0.05) is 49.7 Å². The molecule has 3 rings (SSSR count). The molecule has 154 valence electrons. The first-order valence-corrected chi connectivity index (χ1v) is 12.4. The van der Waals surface area contributed by atoms with Crippen molar-refractivity contribution in [2.75, 3.05) is 18.1 Å². The van der Waals surface area contributed by atoms with Gasteiger partial charge in [-0.2, -0.15) is 0 Å². The van der Waals surface area contributed by atoms with Crippen LogP contribution in [-0.2, 0) is 9.84 Å². The number of sulfone groups is 1. The number of nitrogens with zero attached hydrogens (tertiary/aromatic N) is 1. The molecule has 4 nitrogen and oxygen atoms in total. The Morgan fingerprint density at radius 2 is 1.62 bits per heavy atom. The number of anilines is 1. The van der Waals surface area contributed by atoms with E-state index in [2.05, 4.69) is 12.2 Å². The van der Waals surface area contributed by atoms with Gasteiger partial charge in [-0.05, 0) is 48.4 Å². The van der Waals surface area contributed by atoms with Crippen LogP contribution in [0.3, 0.4) is 0 Å². The van der Waals surface area contributed by atoms with Gasteiger partial charge >= 0.3 is 0 Å². The van der Waals surface area contributed by atoms with Gasteiger partial charge in [0.1, 0.15) is 5.82 Å². The average molecular weight is 433 g/mol. The van der Waals surface area contributed by atoms with Crippen LogP contribution in [0.2, 0.25) is 0 Å². The minimum absolute atomic E-state index is 0.281. The van der Waals surface area contributed by atoms with Gasteiger partial charge in [-0.3, -0.25) is 0 Å². The first-order chi connectivity index (χ1) is 13.9. The van der Waals surface area contributed by atoms with Crippen LogP contribution in [0.4, 0.5) is 9.52 Å². The number of halogens is 1. The Kier molecular flexibility index (Phi) is 7.03. The summed E-state index contributed by atoms with van der Waals surface area (Å²) in [6, 6.07) is 13.1. The van der Waals surface area contributed by atoms with E-state index in [0.29, 0.717) is 0 Å². The number of rotatable bonds is 9. The Morgan fingerprint density at radius 3 is 2.24 bits per heavy atom. The first-order valence-electron chi connectivity index (χ1n) is 9.69. The molecule has 0 aliphatic carbocycles. The molecule has 0 fully saturated rings. The van der Waals surface area contributed by atoms with Crippen molar-refractivity contribution in [1.29, 1.82) is 0 Å². The second kappa shape index (κ2) is 9.50. The van der Waals surface area contributed by atoms with Gasteiger partial charge in [-0.25, -0.2) is 17.8 Å². The van der Waals surface area contributed by atoms with Crippen molar-refractivity contribution in [1.82, 2.24) is 4.98 Å². The maximum atomic E-state index is 13.4. The van der Waals surface area contributed by atoms with Crippen LogP contribution in [0.5, 0.6) is 0 Å². The molecule has 0 saturated heterocycles. The van der Waals surface area contributed by atoms with E-state index in [4.69, 9.17) is 4.98 Å². The third-order valence-electron chi connectivity index (χ3n) is 4.60. The van der Waals surface area contributed by atoms with Crippen molar-refractivity contribution in [3.63, 3.8) is 0 Å². The SMILES string of the molecule is CCCCCCNc1nc(-c2ccc(F)cc2)c(-c2ccc(S(C)(=O)=O)cc2)s1. The number of hydrogen-bond donors (Lipinski definition) is 1. The summed E-state index contributed by atoms with van der Waals surface area (Å²) in [6.45, 7) is 3.04. The number of nitrogens with one attached hydrogen (secondary N) is 1. The molecule has 2 aromatic carbocycles. The minimum Gasteiger partial charge on any atom is -0.361 e. The Morgan fingerprint density at radius 1 is 0.966 bits per heavy atom. The number of aromatic nitrogens is 1. The molecule has 3 aromatic rings. The summed E-state index contributed by atoms with van der Waals surface area (Å²) < 4.78 is 36.9. The van der Waals surface area contributed by atoms with Crippen LogP contribution in [-0.4, -0.2) is 26.2 Å². The van der Waals surface area contributed by atoms with Crippen molar-refractivity contribution >= 4 is 26.3 Å². The van der Waals surface area contributed by atoms with E-state index in [1.807, 2.05) is 0 Å². The van der Waals surface area contributed by atoms with Crippen LogP contribution in [0.1, 0.15) is 32.6 Å². The zero-order chi connectivity index (χ0) is 20.9. The predicted molar refractivity (Wildman–Crippen MR) is 119 cm³/mol. The first kappa shape index (κ1) is 21.5. The van der Waals surface area contributed by atoms with Crippen LogP contribution in [0.25, 0.3) is 21.7 Å². The maximum Gasteiger partial charge on any atom is 0.183 e.